The Morgan fingerprint density at radius 2 is 1.86 bits per heavy atom. The van der Waals surface area contributed by atoms with Crippen LogP contribution in [0.5, 0.6) is 5.88 Å². The van der Waals surface area contributed by atoms with Crippen LogP contribution in [0.4, 0.5) is 19.0 Å². The van der Waals surface area contributed by atoms with E-state index in [9.17, 15) is 13.2 Å². The Balaban J connectivity index is 2.35. The molecule has 1 heterocycles. The largest absolute Gasteiger partial charge is 0.465 e. The summed E-state index contributed by atoms with van der Waals surface area (Å²) in [5, 5.41) is 0. The van der Waals surface area contributed by atoms with Gasteiger partial charge < -0.3 is 10.2 Å². The number of halogens is 3. The number of hydrogen-bond donors (Lipinski definition) is 2. The molecule has 0 bridgehead atoms. The molecule has 0 amide bonds. The van der Waals surface area contributed by atoms with E-state index in [-0.39, 0.29) is 17.5 Å². The first-order chi connectivity index (χ1) is 9.90. The molecule has 0 radical (unpaired) electrons. The monoisotopic (exact) mass is 298 g/mol. The van der Waals surface area contributed by atoms with Gasteiger partial charge in [0.1, 0.15) is 5.82 Å². The quantitative estimate of drug-likeness (QED) is 0.670. The van der Waals surface area contributed by atoms with E-state index in [2.05, 4.69) is 15.4 Å². The molecule has 0 fully saturated rings. The molecule has 1 aromatic heterocycles. The van der Waals surface area contributed by atoms with Crippen molar-refractivity contribution in [1.82, 2.24) is 9.97 Å². The molecule has 3 N–H and O–H groups in total. The number of hydrazine groups is 1. The number of ether oxygens (including phenoxy) is 1. The molecule has 0 spiro atoms. The molecule has 5 nitrogen and oxygen atoms in total. The molecular weight excluding hydrogens is 285 g/mol. The Hall–Kier alpha value is -2.35. The van der Waals surface area contributed by atoms with Gasteiger partial charge in [-0.1, -0.05) is 30.3 Å². The van der Waals surface area contributed by atoms with Crippen LogP contribution in [0.3, 0.4) is 0 Å². The number of nitrogens with two attached hydrogens (primary N) is 1. The minimum atomic E-state index is -4.48. The predicted octanol–water partition coefficient (Wildman–Crippen LogP) is 2.76. The fraction of sp³-hybridized carbons (Fsp3) is 0.231. The summed E-state index contributed by atoms with van der Waals surface area (Å²) in [6, 6.07) is 9.99. The van der Waals surface area contributed by atoms with E-state index in [0.717, 1.165) is 6.92 Å². The Kier molecular flexibility index (Phi) is 4.27. The fourth-order valence-corrected chi connectivity index (χ4v) is 1.52. The first kappa shape index (κ1) is 15.0. The number of rotatable bonds is 4. The van der Waals surface area contributed by atoms with E-state index in [1.165, 1.54) is 6.07 Å². The lowest BCUT2D eigenvalue weighted by atomic mass is 10.2. The summed E-state index contributed by atoms with van der Waals surface area (Å²) in [4.78, 5) is 8.06. The number of nitrogen functional groups attached to an aromatic ring is 1. The van der Waals surface area contributed by atoms with Gasteiger partial charge >= 0.3 is 6.18 Å². The van der Waals surface area contributed by atoms with Crippen LogP contribution in [0.1, 0.15) is 6.92 Å². The maximum absolute atomic E-state index is 12.5. The van der Waals surface area contributed by atoms with Crippen LogP contribution < -0.4 is 16.0 Å². The SMILES string of the molecule is CC(Oc1cc(NN)nc(-c2ccccc2)n1)C(F)(F)F. The molecule has 21 heavy (non-hydrogen) atoms. The maximum atomic E-state index is 12.5. The highest BCUT2D eigenvalue weighted by Crippen LogP contribution is 2.26. The number of aromatic nitrogens is 2. The summed E-state index contributed by atoms with van der Waals surface area (Å²) in [5.41, 5.74) is 2.92. The van der Waals surface area contributed by atoms with Gasteiger partial charge in [0.2, 0.25) is 5.88 Å². The molecule has 0 saturated carbocycles. The second-order valence-electron chi connectivity index (χ2n) is 4.23. The molecule has 112 valence electrons. The topological polar surface area (TPSA) is 73.1 Å². The Labute approximate surface area is 118 Å². The third-order valence-corrected chi connectivity index (χ3v) is 2.64. The van der Waals surface area contributed by atoms with Crippen LogP contribution in [0.15, 0.2) is 36.4 Å². The van der Waals surface area contributed by atoms with Gasteiger partial charge in [0, 0.05) is 11.6 Å². The first-order valence-electron chi connectivity index (χ1n) is 6.04. The first-order valence-corrected chi connectivity index (χ1v) is 6.04. The molecule has 0 aliphatic carbocycles. The van der Waals surface area contributed by atoms with Crippen molar-refractivity contribution >= 4 is 5.82 Å². The zero-order chi connectivity index (χ0) is 15.5. The second kappa shape index (κ2) is 5.96. The van der Waals surface area contributed by atoms with Gasteiger partial charge in [0.15, 0.2) is 11.9 Å². The molecule has 1 unspecified atom stereocenters. The third kappa shape index (κ3) is 3.82. The fourth-order valence-electron chi connectivity index (χ4n) is 1.52. The summed E-state index contributed by atoms with van der Waals surface area (Å²) in [6.07, 6.45) is -6.46. The van der Waals surface area contributed by atoms with Crippen molar-refractivity contribution in [3.05, 3.63) is 36.4 Å². The number of hydrogen-bond acceptors (Lipinski definition) is 5. The Bertz CT molecular complexity index is 604. The van der Waals surface area contributed by atoms with E-state index in [1.807, 2.05) is 0 Å². The van der Waals surface area contributed by atoms with Gasteiger partial charge in [-0.2, -0.15) is 18.2 Å². The molecule has 8 heteroatoms. The van der Waals surface area contributed by atoms with Crippen molar-refractivity contribution in [2.45, 2.75) is 19.2 Å². The lowest BCUT2D eigenvalue weighted by Crippen LogP contribution is -2.31. The number of anilines is 1. The summed E-state index contributed by atoms with van der Waals surface area (Å²) in [5.74, 6) is 5.44. The van der Waals surface area contributed by atoms with E-state index >= 15 is 0 Å². The number of benzene rings is 1. The number of nitrogens with one attached hydrogen (secondary N) is 1. The number of alkyl halides is 3. The van der Waals surface area contributed by atoms with Gasteiger partial charge in [0.25, 0.3) is 0 Å². The van der Waals surface area contributed by atoms with Crippen molar-refractivity contribution in [2.75, 3.05) is 5.43 Å². The zero-order valence-corrected chi connectivity index (χ0v) is 11.1. The van der Waals surface area contributed by atoms with Crippen molar-refractivity contribution in [3.63, 3.8) is 0 Å². The molecule has 0 saturated heterocycles. The standard InChI is InChI=1S/C13H13F3N4O/c1-8(13(14,15)16)21-11-7-10(20-17)18-12(19-11)9-5-3-2-4-6-9/h2-8H,17H2,1H3,(H,18,19,20). The van der Waals surface area contributed by atoms with Crippen LogP contribution in [0.2, 0.25) is 0 Å². The molecule has 1 aromatic carbocycles. The highest BCUT2D eigenvalue weighted by atomic mass is 19.4. The number of nitrogens with zero attached hydrogens (tertiary/aromatic N) is 2. The average Bonchev–Trinajstić information content (AvgIpc) is 2.46. The summed E-state index contributed by atoms with van der Waals surface area (Å²) >= 11 is 0. The highest BCUT2D eigenvalue weighted by molar-refractivity contribution is 5.57. The lowest BCUT2D eigenvalue weighted by molar-refractivity contribution is -0.189. The normalized spacial score (nSPS) is 12.8. The Morgan fingerprint density at radius 1 is 1.19 bits per heavy atom. The van der Waals surface area contributed by atoms with Crippen molar-refractivity contribution in [2.24, 2.45) is 5.84 Å². The molecule has 0 aliphatic heterocycles. The predicted molar refractivity (Wildman–Crippen MR) is 71.4 cm³/mol. The van der Waals surface area contributed by atoms with Gasteiger partial charge in [-0.05, 0) is 6.92 Å². The second-order valence-corrected chi connectivity index (χ2v) is 4.23. The molecule has 1 atom stereocenters. The van der Waals surface area contributed by atoms with E-state index < -0.39 is 12.3 Å². The van der Waals surface area contributed by atoms with Crippen LogP contribution in [0, 0.1) is 0 Å². The highest BCUT2D eigenvalue weighted by Gasteiger charge is 2.38. The molecular formula is C13H13F3N4O. The molecule has 0 aliphatic rings. The molecule has 2 aromatic rings. The van der Waals surface area contributed by atoms with Crippen LogP contribution in [-0.2, 0) is 0 Å². The smallest absolute Gasteiger partial charge is 0.425 e. The van der Waals surface area contributed by atoms with Gasteiger partial charge in [-0.3, -0.25) is 0 Å². The summed E-state index contributed by atoms with van der Waals surface area (Å²) in [6.45, 7) is 0.903. The van der Waals surface area contributed by atoms with Crippen molar-refractivity contribution in [1.29, 1.82) is 0 Å². The summed E-state index contributed by atoms with van der Waals surface area (Å²) in [7, 11) is 0. The lowest BCUT2D eigenvalue weighted by Gasteiger charge is -2.17. The van der Waals surface area contributed by atoms with E-state index in [0.29, 0.717) is 5.56 Å². The zero-order valence-electron chi connectivity index (χ0n) is 11.1. The van der Waals surface area contributed by atoms with Gasteiger partial charge in [-0.25, -0.2) is 10.8 Å². The Morgan fingerprint density at radius 3 is 2.43 bits per heavy atom. The van der Waals surface area contributed by atoms with E-state index in [1.54, 1.807) is 30.3 Å². The van der Waals surface area contributed by atoms with Crippen LogP contribution in [0.25, 0.3) is 11.4 Å². The molecule has 2 rings (SSSR count). The average molecular weight is 298 g/mol. The maximum Gasteiger partial charge on any atom is 0.425 e. The van der Waals surface area contributed by atoms with Crippen LogP contribution >= 0.6 is 0 Å². The third-order valence-electron chi connectivity index (χ3n) is 2.64. The summed E-state index contributed by atoms with van der Waals surface area (Å²) < 4.78 is 42.4. The van der Waals surface area contributed by atoms with Gasteiger partial charge in [-0.15, -0.1) is 0 Å². The van der Waals surface area contributed by atoms with Crippen molar-refractivity contribution in [3.8, 4) is 17.3 Å². The van der Waals surface area contributed by atoms with E-state index in [4.69, 9.17) is 10.6 Å². The minimum Gasteiger partial charge on any atom is -0.465 e. The minimum absolute atomic E-state index is 0.160. The van der Waals surface area contributed by atoms with Crippen molar-refractivity contribution < 1.29 is 17.9 Å². The van der Waals surface area contributed by atoms with Crippen LogP contribution in [-0.4, -0.2) is 22.2 Å². The van der Waals surface area contributed by atoms with Gasteiger partial charge in [0.05, 0.1) is 0 Å².